The number of rotatable bonds is 7. The Morgan fingerprint density at radius 2 is 1.69 bits per heavy atom. The third-order valence-electron chi connectivity index (χ3n) is 4.51. The van der Waals surface area contributed by atoms with Crippen molar-refractivity contribution in [1.29, 1.82) is 0 Å². The van der Waals surface area contributed by atoms with Crippen molar-refractivity contribution in [2.75, 3.05) is 18.4 Å². The number of imide groups is 1. The zero-order chi connectivity index (χ0) is 21.0. The molecule has 0 fully saturated rings. The van der Waals surface area contributed by atoms with Crippen molar-refractivity contribution in [1.82, 2.24) is 10.2 Å². The molecule has 0 saturated heterocycles. The molecule has 1 heterocycles. The van der Waals surface area contributed by atoms with Crippen LogP contribution in [0.25, 0.3) is 0 Å². The van der Waals surface area contributed by atoms with Crippen LogP contribution < -0.4 is 10.6 Å². The van der Waals surface area contributed by atoms with E-state index in [4.69, 9.17) is 0 Å². The van der Waals surface area contributed by atoms with Crippen LogP contribution >= 0.6 is 15.9 Å². The molecule has 0 aromatic heterocycles. The molecular weight excluding hydrogens is 438 g/mol. The fraction of sp³-hybridized carbons (Fsp3) is 0.238. The first-order valence-corrected chi connectivity index (χ1v) is 10.0. The van der Waals surface area contributed by atoms with Crippen LogP contribution in [0.2, 0.25) is 0 Å². The lowest BCUT2D eigenvalue weighted by molar-refractivity contribution is -0.115. The summed E-state index contributed by atoms with van der Waals surface area (Å²) in [6, 6.07) is 11.4. The monoisotopic (exact) mass is 457 g/mol. The third kappa shape index (κ3) is 4.71. The fourth-order valence-electron chi connectivity index (χ4n) is 2.95. The molecule has 29 heavy (non-hydrogen) atoms. The lowest BCUT2D eigenvalue weighted by Gasteiger charge is -2.12. The van der Waals surface area contributed by atoms with E-state index < -0.39 is 5.91 Å². The van der Waals surface area contributed by atoms with Gasteiger partial charge in [0, 0.05) is 22.3 Å². The number of nitrogens with zero attached hydrogens (tertiary/aromatic N) is 1. The van der Waals surface area contributed by atoms with E-state index in [9.17, 15) is 19.2 Å². The highest BCUT2D eigenvalue weighted by Crippen LogP contribution is 2.24. The highest BCUT2D eigenvalue weighted by Gasteiger charge is 2.35. The van der Waals surface area contributed by atoms with Gasteiger partial charge in [-0.25, -0.2) is 0 Å². The molecule has 0 saturated carbocycles. The molecule has 0 aliphatic carbocycles. The van der Waals surface area contributed by atoms with Gasteiger partial charge in [-0.15, -0.1) is 0 Å². The van der Waals surface area contributed by atoms with Crippen LogP contribution in [0, 0.1) is 0 Å². The molecule has 0 spiro atoms. The van der Waals surface area contributed by atoms with Gasteiger partial charge in [0.25, 0.3) is 17.7 Å². The average molecular weight is 458 g/mol. The Morgan fingerprint density at radius 3 is 2.38 bits per heavy atom. The first kappa shape index (κ1) is 20.7. The highest BCUT2D eigenvalue weighted by atomic mass is 79.9. The van der Waals surface area contributed by atoms with E-state index in [1.54, 1.807) is 24.3 Å². The van der Waals surface area contributed by atoms with Gasteiger partial charge in [-0.3, -0.25) is 24.1 Å². The summed E-state index contributed by atoms with van der Waals surface area (Å²) in [4.78, 5) is 50.4. The van der Waals surface area contributed by atoms with Gasteiger partial charge in [0.1, 0.15) is 0 Å². The van der Waals surface area contributed by atoms with Crippen LogP contribution in [-0.4, -0.2) is 41.6 Å². The van der Waals surface area contributed by atoms with E-state index in [0.717, 1.165) is 17.3 Å². The van der Waals surface area contributed by atoms with Crippen LogP contribution in [0.15, 0.2) is 46.9 Å². The third-order valence-corrected chi connectivity index (χ3v) is 5.03. The number of unbranched alkanes of at least 4 members (excludes halogenated alkanes) is 1. The van der Waals surface area contributed by atoms with E-state index >= 15 is 0 Å². The molecular formula is C21H20BrN3O4. The Morgan fingerprint density at radius 1 is 1.00 bits per heavy atom. The van der Waals surface area contributed by atoms with Gasteiger partial charge in [0.05, 0.1) is 17.7 Å². The minimum absolute atomic E-state index is 0.220. The Kier molecular flexibility index (Phi) is 6.43. The van der Waals surface area contributed by atoms with Crippen LogP contribution in [0.3, 0.4) is 0 Å². The SMILES string of the molecule is CCCCN1C(=O)c2ccc(C(=O)NCC(=O)Nc3ccc(Br)cc3)cc2C1=O. The van der Waals surface area contributed by atoms with Gasteiger partial charge in [0.2, 0.25) is 5.91 Å². The number of fused-ring (bicyclic) bond motifs is 1. The van der Waals surface area contributed by atoms with Gasteiger partial charge in [0.15, 0.2) is 0 Å². The summed E-state index contributed by atoms with van der Waals surface area (Å²) in [5.41, 5.74) is 1.36. The Hall–Kier alpha value is -3.00. The number of hydrogen-bond donors (Lipinski definition) is 2. The number of halogens is 1. The lowest BCUT2D eigenvalue weighted by Crippen LogP contribution is -2.33. The molecule has 150 valence electrons. The van der Waals surface area contributed by atoms with Crippen molar-refractivity contribution in [3.63, 3.8) is 0 Å². The molecule has 0 bridgehead atoms. The van der Waals surface area contributed by atoms with Crippen LogP contribution in [0.4, 0.5) is 5.69 Å². The molecule has 4 amide bonds. The standard InChI is InChI=1S/C21H20BrN3O4/c1-2-3-10-25-20(28)16-9-4-13(11-17(16)21(25)29)19(27)23-12-18(26)24-15-7-5-14(22)6-8-15/h4-9,11H,2-3,10,12H2,1H3,(H,23,27)(H,24,26). The van der Waals surface area contributed by atoms with Crippen molar-refractivity contribution in [3.8, 4) is 0 Å². The maximum atomic E-state index is 12.5. The maximum absolute atomic E-state index is 12.5. The van der Waals surface area contributed by atoms with Crippen molar-refractivity contribution < 1.29 is 19.2 Å². The summed E-state index contributed by atoms with van der Waals surface area (Å²) in [5, 5.41) is 5.20. The van der Waals surface area contributed by atoms with Crippen molar-refractivity contribution in [2.24, 2.45) is 0 Å². The van der Waals surface area contributed by atoms with Crippen LogP contribution in [0.1, 0.15) is 50.8 Å². The predicted octanol–water partition coefficient (Wildman–Crippen LogP) is 3.21. The number of anilines is 1. The predicted molar refractivity (Wildman–Crippen MR) is 112 cm³/mol. The summed E-state index contributed by atoms with van der Waals surface area (Å²) in [7, 11) is 0. The Labute approximate surface area is 176 Å². The van der Waals surface area contributed by atoms with E-state index in [-0.39, 0.29) is 35.4 Å². The number of amides is 4. The minimum atomic E-state index is -0.494. The zero-order valence-electron chi connectivity index (χ0n) is 15.8. The molecule has 3 rings (SSSR count). The summed E-state index contributed by atoms with van der Waals surface area (Å²) in [6.45, 7) is 2.12. The number of benzene rings is 2. The van der Waals surface area contributed by atoms with Crippen molar-refractivity contribution in [3.05, 3.63) is 63.6 Å². The largest absolute Gasteiger partial charge is 0.343 e. The maximum Gasteiger partial charge on any atom is 0.261 e. The van der Waals surface area contributed by atoms with E-state index in [1.165, 1.54) is 23.1 Å². The molecule has 1 aliphatic heterocycles. The molecule has 2 aromatic rings. The zero-order valence-corrected chi connectivity index (χ0v) is 17.4. The summed E-state index contributed by atoms with van der Waals surface area (Å²) in [5.74, 6) is -1.59. The molecule has 7 nitrogen and oxygen atoms in total. The second-order valence-electron chi connectivity index (χ2n) is 6.61. The smallest absolute Gasteiger partial charge is 0.261 e. The van der Waals surface area contributed by atoms with Crippen LogP contribution in [0.5, 0.6) is 0 Å². The fourth-order valence-corrected chi connectivity index (χ4v) is 3.22. The molecule has 1 aliphatic rings. The van der Waals surface area contributed by atoms with E-state index in [2.05, 4.69) is 26.6 Å². The minimum Gasteiger partial charge on any atom is -0.343 e. The second kappa shape index (κ2) is 9.00. The summed E-state index contributed by atoms with van der Waals surface area (Å²) < 4.78 is 0.890. The molecule has 0 radical (unpaired) electrons. The quantitative estimate of drug-likeness (QED) is 0.623. The first-order chi connectivity index (χ1) is 13.9. The lowest BCUT2D eigenvalue weighted by atomic mass is 10.1. The molecule has 2 aromatic carbocycles. The van der Waals surface area contributed by atoms with Gasteiger partial charge in [-0.1, -0.05) is 29.3 Å². The summed E-state index contributed by atoms with van der Waals surface area (Å²) in [6.07, 6.45) is 1.59. The van der Waals surface area contributed by atoms with Gasteiger partial charge in [-0.2, -0.15) is 0 Å². The molecule has 0 unspecified atom stereocenters. The number of carbonyl (C=O) groups excluding carboxylic acids is 4. The van der Waals surface area contributed by atoms with E-state index in [1.807, 2.05) is 6.92 Å². The van der Waals surface area contributed by atoms with Gasteiger partial charge in [-0.05, 0) is 48.9 Å². The van der Waals surface area contributed by atoms with Gasteiger partial charge < -0.3 is 10.6 Å². The number of hydrogen-bond acceptors (Lipinski definition) is 4. The van der Waals surface area contributed by atoms with Gasteiger partial charge >= 0.3 is 0 Å². The van der Waals surface area contributed by atoms with Crippen molar-refractivity contribution in [2.45, 2.75) is 19.8 Å². The Bertz CT molecular complexity index is 972. The van der Waals surface area contributed by atoms with E-state index in [0.29, 0.717) is 17.8 Å². The number of nitrogens with one attached hydrogen (secondary N) is 2. The first-order valence-electron chi connectivity index (χ1n) is 9.24. The Balaban J connectivity index is 1.62. The molecule has 0 atom stereocenters. The van der Waals surface area contributed by atoms with Crippen LogP contribution in [-0.2, 0) is 4.79 Å². The number of carbonyl (C=O) groups is 4. The molecule has 8 heteroatoms. The van der Waals surface area contributed by atoms with Crippen molar-refractivity contribution >= 4 is 45.2 Å². The second-order valence-corrected chi connectivity index (χ2v) is 7.53. The molecule has 2 N–H and O–H groups in total. The highest BCUT2D eigenvalue weighted by molar-refractivity contribution is 9.10. The normalized spacial score (nSPS) is 12.7. The summed E-state index contributed by atoms with van der Waals surface area (Å²) >= 11 is 3.31. The average Bonchev–Trinajstić information content (AvgIpc) is 2.96. The topological polar surface area (TPSA) is 95.6 Å².